The van der Waals surface area contributed by atoms with Crippen LogP contribution in [0.15, 0.2) is 0 Å². The van der Waals surface area contributed by atoms with E-state index in [1.54, 1.807) is 0 Å². The van der Waals surface area contributed by atoms with Crippen molar-refractivity contribution in [1.82, 2.24) is 0 Å². The maximum atomic E-state index is 9.40. The van der Waals surface area contributed by atoms with Gasteiger partial charge in [0.1, 0.15) is 0 Å². The van der Waals surface area contributed by atoms with E-state index in [4.69, 9.17) is 5.11 Å². The largest absolute Gasteiger partial charge is 0.396 e. The summed E-state index contributed by atoms with van der Waals surface area (Å²) in [5, 5.41) is 18.5. The second-order valence-electron chi connectivity index (χ2n) is 7.53. The van der Waals surface area contributed by atoms with E-state index < -0.39 is 0 Å². The number of aliphatic hydroxyl groups excluding tert-OH is 1. The fraction of sp³-hybridized carbons (Fsp3) is 0.941. The molecule has 0 heterocycles. The summed E-state index contributed by atoms with van der Waals surface area (Å²) >= 11 is 0. The Kier molecular flexibility index (Phi) is 3.60. The maximum absolute atomic E-state index is 9.40. The monoisotopic (exact) mass is 261 g/mol. The van der Waals surface area contributed by atoms with E-state index in [2.05, 4.69) is 13.0 Å². The number of nitrogens with zero attached hydrogens (tertiary/aromatic N) is 1. The zero-order chi connectivity index (χ0) is 13.5. The van der Waals surface area contributed by atoms with Crippen LogP contribution in [0.4, 0.5) is 0 Å². The van der Waals surface area contributed by atoms with Crippen LogP contribution in [0.5, 0.6) is 0 Å². The van der Waals surface area contributed by atoms with E-state index in [0.29, 0.717) is 17.9 Å². The van der Waals surface area contributed by atoms with Gasteiger partial charge in [0, 0.05) is 6.61 Å². The third-order valence-electron chi connectivity index (χ3n) is 6.82. The fourth-order valence-electron chi connectivity index (χ4n) is 5.73. The quantitative estimate of drug-likeness (QED) is 0.822. The van der Waals surface area contributed by atoms with Crippen LogP contribution in [0.2, 0.25) is 0 Å². The lowest BCUT2D eigenvalue weighted by Gasteiger charge is -2.51. The summed E-state index contributed by atoms with van der Waals surface area (Å²) in [6.45, 7) is 2.76. The first-order valence-electron chi connectivity index (χ1n) is 8.19. The molecule has 0 aromatic carbocycles. The Hall–Kier alpha value is -0.550. The Morgan fingerprint density at radius 3 is 2.79 bits per heavy atom. The Labute approximate surface area is 117 Å². The molecule has 0 bridgehead atoms. The summed E-state index contributed by atoms with van der Waals surface area (Å²) < 4.78 is 0. The molecule has 0 aromatic rings. The number of aliphatic hydroxyl groups is 1. The molecule has 0 radical (unpaired) electrons. The van der Waals surface area contributed by atoms with E-state index in [1.165, 1.54) is 38.5 Å². The van der Waals surface area contributed by atoms with Crippen LogP contribution in [-0.4, -0.2) is 11.7 Å². The first-order chi connectivity index (χ1) is 9.19. The van der Waals surface area contributed by atoms with Crippen molar-refractivity contribution in [3.8, 4) is 6.07 Å². The van der Waals surface area contributed by atoms with Crippen molar-refractivity contribution >= 4 is 0 Å². The van der Waals surface area contributed by atoms with Crippen molar-refractivity contribution in [2.75, 3.05) is 6.61 Å². The van der Waals surface area contributed by atoms with Crippen LogP contribution in [0.25, 0.3) is 0 Å². The Morgan fingerprint density at radius 1 is 1.21 bits per heavy atom. The van der Waals surface area contributed by atoms with Gasteiger partial charge in [-0.25, -0.2) is 0 Å². The lowest BCUT2D eigenvalue weighted by molar-refractivity contribution is -0.0135. The van der Waals surface area contributed by atoms with Gasteiger partial charge in [0.2, 0.25) is 0 Å². The number of fused-ring (bicyclic) bond motifs is 3. The highest BCUT2D eigenvalue weighted by Crippen LogP contribution is 2.61. The number of nitriles is 1. The van der Waals surface area contributed by atoms with Crippen molar-refractivity contribution in [2.45, 2.75) is 58.3 Å². The molecule has 2 heteroatoms. The van der Waals surface area contributed by atoms with Gasteiger partial charge in [0.15, 0.2) is 0 Å². The summed E-state index contributed by atoms with van der Waals surface area (Å²) in [6.07, 6.45) is 10.0. The van der Waals surface area contributed by atoms with Crippen LogP contribution in [0, 0.1) is 46.3 Å². The highest BCUT2D eigenvalue weighted by atomic mass is 16.3. The molecule has 1 N–H and O–H groups in total. The van der Waals surface area contributed by atoms with Gasteiger partial charge in [-0.05, 0) is 74.0 Å². The van der Waals surface area contributed by atoms with Crippen LogP contribution in [0.1, 0.15) is 58.3 Å². The zero-order valence-electron chi connectivity index (χ0n) is 12.1. The Balaban J connectivity index is 1.73. The minimum absolute atomic E-state index is 0.314. The molecule has 0 aromatic heterocycles. The third-order valence-corrected chi connectivity index (χ3v) is 6.82. The van der Waals surface area contributed by atoms with Crippen molar-refractivity contribution in [3.05, 3.63) is 0 Å². The lowest BCUT2D eigenvalue weighted by Crippen LogP contribution is -2.43. The van der Waals surface area contributed by atoms with E-state index in [0.717, 1.165) is 36.5 Å². The normalized spacial score (nSPS) is 49.2. The molecule has 0 aliphatic heterocycles. The summed E-state index contributed by atoms with van der Waals surface area (Å²) in [5.41, 5.74) is 0.319. The predicted molar refractivity (Wildman–Crippen MR) is 75.2 cm³/mol. The molecule has 19 heavy (non-hydrogen) atoms. The topological polar surface area (TPSA) is 44.0 Å². The van der Waals surface area contributed by atoms with Gasteiger partial charge in [-0.1, -0.05) is 13.3 Å². The van der Waals surface area contributed by atoms with Gasteiger partial charge in [0.05, 0.1) is 12.0 Å². The lowest BCUT2D eigenvalue weighted by atomic mass is 9.54. The average Bonchev–Trinajstić information content (AvgIpc) is 2.76. The minimum atomic E-state index is 0.314. The van der Waals surface area contributed by atoms with Crippen LogP contribution < -0.4 is 0 Å². The molecular weight excluding hydrogens is 234 g/mol. The number of rotatable bonds is 2. The van der Waals surface area contributed by atoms with Gasteiger partial charge < -0.3 is 5.11 Å². The summed E-state index contributed by atoms with van der Waals surface area (Å²) in [4.78, 5) is 0. The van der Waals surface area contributed by atoms with Crippen LogP contribution in [0.3, 0.4) is 0 Å². The second kappa shape index (κ2) is 5.09. The molecular formula is C17H27NO. The molecule has 2 nitrogen and oxygen atoms in total. The SMILES string of the molecule is C[C@]12CC[C@@H]3C[C@@H](CCO)CC[C@H]3[C@@H]1CC[C@@H]2C#N. The van der Waals surface area contributed by atoms with Gasteiger partial charge >= 0.3 is 0 Å². The number of hydrogen-bond donors (Lipinski definition) is 1. The highest BCUT2D eigenvalue weighted by molar-refractivity contribution is 5.09. The van der Waals surface area contributed by atoms with Gasteiger partial charge in [-0.2, -0.15) is 5.26 Å². The van der Waals surface area contributed by atoms with Gasteiger partial charge in [-0.3, -0.25) is 0 Å². The molecule has 6 atom stereocenters. The smallest absolute Gasteiger partial charge is 0.0661 e. The van der Waals surface area contributed by atoms with Crippen molar-refractivity contribution in [3.63, 3.8) is 0 Å². The van der Waals surface area contributed by atoms with Crippen molar-refractivity contribution in [1.29, 1.82) is 5.26 Å². The van der Waals surface area contributed by atoms with Crippen LogP contribution >= 0.6 is 0 Å². The van der Waals surface area contributed by atoms with E-state index in [9.17, 15) is 5.26 Å². The second-order valence-corrected chi connectivity index (χ2v) is 7.53. The molecule has 3 saturated carbocycles. The zero-order valence-corrected chi connectivity index (χ0v) is 12.1. The Morgan fingerprint density at radius 2 is 2.05 bits per heavy atom. The predicted octanol–water partition coefficient (Wildman–Crippen LogP) is 3.75. The molecule has 3 fully saturated rings. The Bertz CT molecular complexity index is 374. The first-order valence-corrected chi connectivity index (χ1v) is 8.19. The maximum Gasteiger partial charge on any atom is 0.0661 e. The summed E-state index contributed by atoms with van der Waals surface area (Å²) in [7, 11) is 0. The van der Waals surface area contributed by atoms with Gasteiger partial charge in [-0.15, -0.1) is 0 Å². The molecule has 106 valence electrons. The first kappa shape index (κ1) is 13.4. The van der Waals surface area contributed by atoms with E-state index in [1.807, 2.05) is 0 Å². The average molecular weight is 261 g/mol. The summed E-state index contributed by atoms with van der Waals surface area (Å²) in [6, 6.07) is 2.60. The number of hydrogen-bond acceptors (Lipinski definition) is 2. The third kappa shape index (κ3) is 2.11. The van der Waals surface area contributed by atoms with Crippen LogP contribution in [-0.2, 0) is 0 Å². The fourth-order valence-corrected chi connectivity index (χ4v) is 5.73. The molecule has 3 aliphatic carbocycles. The van der Waals surface area contributed by atoms with Crippen molar-refractivity contribution in [2.24, 2.45) is 35.0 Å². The van der Waals surface area contributed by atoms with Gasteiger partial charge in [0.25, 0.3) is 0 Å². The molecule has 0 spiro atoms. The standard InChI is InChI=1S/C17H27NO/c1-17-8-6-13-10-12(7-9-19)2-4-15(13)16(17)5-3-14(17)11-18/h12-16,19H,2-10H2,1H3/t12-,13-,14-,15-,16+,17-/m1/s1. The summed E-state index contributed by atoms with van der Waals surface area (Å²) in [5.74, 6) is 3.66. The highest BCUT2D eigenvalue weighted by Gasteiger charge is 2.54. The van der Waals surface area contributed by atoms with E-state index >= 15 is 0 Å². The van der Waals surface area contributed by atoms with Crippen molar-refractivity contribution < 1.29 is 5.11 Å². The molecule has 3 aliphatic rings. The molecule has 3 rings (SSSR count). The van der Waals surface area contributed by atoms with E-state index in [-0.39, 0.29) is 0 Å². The molecule has 0 amide bonds. The molecule has 0 unspecified atom stereocenters. The minimum Gasteiger partial charge on any atom is -0.396 e. The molecule has 0 saturated heterocycles.